The van der Waals surface area contributed by atoms with Crippen molar-refractivity contribution in [1.29, 1.82) is 0 Å². The molecule has 80 valence electrons. The summed E-state index contributed by atoms with van der Waals surface area (Å²) in [6.07, 6.45) is 3.41. The Morgan fingerprint density at radius 2 is 2.25 bits per heavy atom. The first-order chi connectivity index (χ1) is 7.81. The van der Waals surface area contributed by atoms with Crippen molar-refractivity contribution in [2.24, 2.45) is 0 Å². The lowest BCUT2D eigenvalue weighted by Crippen LogP contribution is -2.17. The fourth-order valence-corrected chi connectivity index (χ4v) is 1.89. The molecular formula is C12H10N2O2. The summed E-state index contributed by atoms with van der Waals surface area (Å²) in [5, 5.41) is 0.569. The molecule has 3 rings (SSSR count). The van der Waals surface area contributed by atoms with Crippen LogP contribution in [0.4, 0.5) is 0 Å². The molecule has 4 heteroatoms. The Bertz CT molecular complexity index is 725. The highest BCUT2D eigenvalue weighted by molar-refractivity contribution is 6.01. The van der Waals surface area contributed by atoms with Gasteiger partial charge in [0, 0.05) is 18.9 Å². The van der Waals surface area contributed by atoms with Gasteiger partial charge in [0.15, 0.2) is 5.58 Å². The molecule has 0 saturated heterocycles. The molecular weight excluding hydrogens is 204 g/mol. The van der Waals surface area contributed by atoms with Crippen LogP contribution in [0, 0.1) is 0 Å². The maximum absolute atomic E-state index is 12.1. The molecule has 0 unspecified atom stereocenters. The molecule has 0 atom stereocenters. The van der Waals surface area contributed by atoms with Crippen molar-refractivity contribution in [1.82, 2.24) is 9.55 Å². The minimum atomic E-state index is -0.0440. The predicted octanol–water partition coefficient (Wildman–Crippen LogP) is 2.16. The SMILES string of the molecule is CCn1ccc2oc3cccnc3c2c1=O. The van der Waals surface area contributed by atoms with Gasteiger partial charge >= 0.3 is 0 Å². The zero-order chi connectivity index (χ0) is 11.1. The van der Waals surface area contributed by atoms with Crippen LogP contribution in [0.3, 0.4) is 0 Å². The van der Waals surface area contributed by atoms with Gasteiger partial charge in [-0.25, -0.2) is 0 Å². The highest BCUT2D eigenvalue weighted by Gasteiger charge is 2.11. The number of furan rings is 1. The molecule has 0 aliphatic rings. The molecule has 4 nitrogen and oxygen atoms in total. The van der Waals surface area contributed by atoms with E-state index in [4.69, 9.17) is 4.42 Å². The molecule has 0 saturated carbocycles. The van der Waals surface area contributed by atoms with E-state index in [-0.39, 0.29) is 5.56 Å². The van der Waals surface area contributed by atoms with Crippen molar-refractivity contribution in [2.75, 3.05) is 0 Å². The second kappa shape index (κ2) is 3.20. The maximum Gasteiger partial charge on any atom is 0.263 e. The molecule has 0 aliphatic carbocycles. The number of fused-ring (bicyclic) bond motifs is 3. The van der Waals surface area contributed by atoms with Crippen molar-refractivity contribution < 1.29 is 4.42 Å². The van der Waals surface area contributed by atoms with Gasteiger partial charge < -0.3 is 8.98 Å². The lowest BCUT2D eigenvalue weighted by atomic mass is 10.3. The second-order valence-electron chi connectivity index (χ2n) is 3.60. The number of aryl methyl sites for hydroxylation is 1. The van der Waals surface area contributed by atoms with Crippen LogP contribution >= 0.6 is 0 Å². The number of nitrogens with zero attached hydrogens (tertiary/aromatic N) is 2. The van der Waals surface area contributed by atoms with E-state index in [1.54, 1.807) is 23.0 Å². The third kappa shape index (κ3) is 1.10. The van der Waals surface area contributed by atoms with Crippen LogP contribution in [-0.4, -0.2) is 9.55 Å². The zero-order valence-corrected chi connectivity index (χ0v) is 8.80. The summed E-state index contributed by atoms with van der Waals surface area (Å²) in [6.45, 7) is 2.58. The van der Waals surface area contributed by atoms with E-state index < -0.39 is 0 Å². The van der Waals surface area contributed by atoms with Gasteiger partial charge in [0.1, 0.15) is 16.5 Å². The van der Waals surface area contributed by atoms with E-state index in [0.29, 0.717) is 28.6 Å². The lowest BCUT2D eigenvalue weighted by Gasteiger charge is -1.99. The Labute approximate surface area is 91.1 Å². The van der Waals surface area contributed by atoms with Gasteiger partial charge in [-0.3, -0.25) is 9.78 Å². The number of rotatable bonds is 1. The molecule has 0 N–H and O–H groups in total. The third-order valence-electron chi connectivity index (χ3n) is 2.70. The largest absolute Gasteiger partial charge is 0.454 e. The highest BCUT2D eigenvalue weighted by Crippen LogP contribution is 2.23. The molecule has 0 aromatic carbocycles. The average molecular weight is 214 g/mol. The third-order valence-corrected chi connectivity index (χ3v) is 2.70. The summed E-state index contributed by atoms with van der Waals surface area (Å²) in [5.74, 6) is 0. The first-order valence-electron chi connectivity index (χ1n) is 5.18. The minimum Gasteiger partial charge on any atom is -0.454 e. The van der Waals surface area contributed by atoms with Crippen LogP contribution in [-0.2, 0) is 6.54 Å². The molecule has 0 spiro atoms. The predicted molar refractivity (Wildman–Crippen MR) is 61.4 cm³/mol. The Kier molecular flexibility index (Phi) is 1.83. The molecule has 0 amide bonds. The summed E-state index contributed by atoms with van der Waals surface area (Å²) in [4.78, 5) is 16.3. The monoisotopic (exact) mass is 214 g/mol. The van der Waals surface area contributed by atoms with Gasteiger partial charge in [-0.15, -0.1) is 0 Å². The fraction of sp³-hybridized carbons (Fsp3) is 0.167. The second-order valence-corrected chi connectivity index (χ2v) is 3.60. The van der Waals surface area contributed by atoms with Crippen LogP contribution in [0.25, 0.3) is 22.1 Å². The standard InChI is InChI=1S/C12H10N2O2/c1-2-14-7-5-8-10(12(14)15)11-9(16-8)4-3-6-13-11/h3-7H,2H2,1H3. The van der Waals surface area contributed by atoms with E-state index >= 15 is 0 Å². The molecule has 3 heterocycles. The number of pyridine rings is 2. The lowest BCUT2D eigenvalue weighted by molar-refractivity contribution is 0.662. The first kappa shape index (κ1) is 9.15. The highest BCUT2D eigenvalue weighted by atomic mass is 16.3. The Balaban J connectivity index is 2.59. The van der Waals surface area contributed by atoms with Crippen molar-refractivity contribution >= 4 is 22.1 Å². The van der Waals surface area contributed by atoms with Crippen LogP contribution < -0.4 is 5.56 Å². The fourth-order valence-electron chi connectivity index (χ4n) is 1.89. The van der Waals surface area contributed by atoms with Crippen molar-refractivity contribution in [3.8, 4) is 0 Å². The van der Waals surface area contributed by atoms with E-state index in [9.17, 15) is 4.79 Å². The van der Waals surface area contributed by atoms with Crippen LogP contribution in [0.15, 0.2) is 39.8 Å². The van der Waals surface area contributed by atoms with Crippen LogP contribution in [0.2, 0.25) is 0 Å². The molecule has 0 fully saturated rings. The van der Waals surface area contributed by atoms with Crippen LogP contribution in [0.5, 0.6) is 0 Å². The minimum absolute atomic E-state index is 0.0440. The number of hydrogen-bond donors (Lipinski definition) is 0. The Hall–Kier alpha value is -2.10. The first-order valence-corrected chi connectivity index (χ1v) is 5.18. The summed E-state index contributed by atoms with van der Waals surface area (Å²) >= 11 is 0. The smallest absolute Gasteiger partial charge is 0.263 e. The van der Waals surface area contributed by atoms with Crippen molar-refractivity contribution in [3.63, 3.8) is 0 Å². The van der Waals surface area contributed by atoms with Gasteiger partial charge in [-0.2, -0.15) is 0 Å². The molecule has 0 aliphatic heterocycles. The van der Waals surface area contributed by atoms with Gasteiger partial charge in [-0.05, 0) is 25.1 Å². The number of hydrogen-bond acceptors (Lipinski definition) is 3. The number of aromatic nitrogens is 2. The maximum atomic E-state index is 12.1. The summed E-state index contributed by atoms with van der Waals surface area (Å²) < 4.78 is 7.20. The molecule has 0 bridgehead atoms. The van der Waals surface area contributed by atoms with Crippen molar-refractivity contribution in [3.05, 3.63) is 40.9 Å². The van der Waals surface area contributed by atoms with Gasteiger partial charge in [0.25, 0.3) is 5.56 Å². The molecule has 3 aromatic heterocycles. The molecule has 3 aromatic rings. The molecule has 0 radical (unpaired) electrons. The topological polar surface area (TPSA) is 48.0 Å². The Morgan fingerprint density at radius 1 is 1.38 bits per heavy atom. The van der Waals surface area contributed by atoms with E-state index in [1.807, 2.05) is 19.1 Å². The average Bonchev–Trinajstić information content (AvgIpc) is 2.68. The van der Waals surface area contributed by atoms with Gasteiger partial charge in [0.2, 0.25) is 0 Å². The van der Waals surface area contributed by atoms with Crippen molar-refractivity contribution in [2.45, 2.75) is 13.5 Å². The summed E-state index contributed by atoms with van der Waals surface area (Å²) in [7, 11) is 0. The van der Waals surface area contributed by atoms with Crippen LogP contribution in [0.1, 0.15) is 6.92 Å². The van der Waals surface area contributed by atoms with E-state index in [0.717, 1.165) is 0 Å². The normalized spacial score (nSPS) is 11.3. The quantitative estimate of drug-likeness (QED) is 0.623. The van der Waals surface area contributed by atoms with E-state index in [2.05, 4.69) is 4.98 Å². The van der Waals surface area contributed by atoms with Gasteiger partial charge in [-0.1, -0.05) is 0 Å². The summed E-state index contributed by atoms with van der Waals surface area (Å²) in [5.41, 5.74) is 1.86. The van der Waals surface area contributed by atoms with Gasteiger partial charge in [0.05, 0.1) is 0 Å². The molecule has 16 heavy (non-hydrogen) atoms. The Morgan fingerprint density at radius 3 is 3.06 bits per heavy atom. The summed E-state index contributed by atoms with van der Waals surface area (Å²) in [6, 6.07) is 5.42. The zero-order valence-electron chi connectivity index (χ0n) is 8.80. The van der Waals surface area contributed by atoms with E-state index in [1.165, 1.54) is 0 Å².